The molecule has 0 unspecified atom stereocenters. The fourth-order valence-electron chi connectivity index (χ4n) is 9.33. The van der Waals surface area contributed by atoms with Gasteiger partial charge in [0, 0.05) is 0 Å². The van der Waals surface area contributed by atoms with E-state index in [0.29, 0.717) is 11.3 Å². The Morgan fingerprint density at radius 3 is 1.08 bits per heavy atom. The third-order valence-corrected chi connectivity index (χ3v) is 20.4. The van der Waals surface area contributed by atoms with E-state index in [-0.39, 0.29) is 0 Å². The van der Waals surface area contributed by atoms with Crippen LogP contribution in [0.1, 0.15) is 27.7 Å². The quantitative estimate of drug-likeness (QED) is 0.164. The second-order valence-corrected chi connectivity index (χ2v) is 23.0. The fraction of sp³-hybridized carbons (Fsp3) is 0.184. The molecule has 0 atom stereocenters. The topological polar surface area (TPSA) is 6.48 Å². The van der Waals surface area contributed by atoms with Crippen molar-refractivity contribution in [2.24, 2.45) is 0 Å². The van der Waals surface area contributed by atoms with Gasteiger partial charge in [-0.15, -0.1) is 0 Å². The summed E-state index contributed by atoms with van der Waals surface area (Å²) in [5.41, 5.74) is 6.18. The summed E-state index contributed by atoms with van der Waals surface area (Å²) in [7, 11) is 1.35. The maximum atomic E-state index is 2.64. The molecule has 53 heavy (non-hydrogen) atoms. The number of benzene rings is 8. The Morgan fingerprint density at radius 1 is 0.415 bits per heavy atom. The van der Waals surface area contributed by atoms with E-state index >= 15 is 0 Å². The van der Waals surface area contributed by atoms with E-state index in [2.05, 4.69) is 204 Å². The zero-order valence-electron chi connectivity index (χ0n) is 31.9. The van der Waals surface area contributed by atoms with Crippen molar-refractivity contribution in [2.75, 3.05) is 30.6 Å². The van der Waals surface area contributed by atoms with Crippen molar-refractivity contribution < 1.29 is 0 Å². The van der Waals surface area contributed by atoms with Crippen LogP contribution in [0.15, 0.2) is 146 Å². The zero-order chi connectivity index (χ0) is 36.6. The van der Waals surface area contributed by atoms with E-state index in [1.165, 1.54) is 87.1 Å². The molecule has 0 aliphatic carbocycles. The summed E-state index contributed by atoms with van der Waals surface area (Å²) < 4.78 is 0. The van der Waals surface area contributed by atoms with Crippen molar-refractivity contribution in [3.05, 3.63) is 146 Å². The third kappa shape index (κ3) is 5.14. The van der Waals surface area contributed by atoms with Crippen LogP contribution >= 0.6 is 15.2 Å². The second-order valence-electron chi connectivity index (χ2n) is 15.6. The standard InChI is InChI=1S/C49H48N2P2/c1-32(2)52-42-28-24-34-16-8-12-20-38(34)46(42)50(5)48-40-22-14-10-18-36(40)26-30-44(48)53(7,33(3)4)45-31-27-37-19-11-15-23-41(37)49(45)51(6)47-39-21-13-9-17-35(39)25-29-43(47)52/h8-33,53H,1-7H3. The molecular formula is C49H48N2P2. The molecular weight excluding hydrogens is 679 g/mol. The zero-order valence-corrected chi connectivity index (χ0v) is 33.7. The molecule has 0 spiro atoms. The first-order valence-corrected chi connectivity index (χ1v) is 23.0. The first kappa shape index (κ1) is 34.1. The van der Waals surface area contributed by atoms with Crippen molar-refractivity contribution in [2.45, 2.75) is 39.0 Å². The Kier molecular flexibility index (Phi) is 8.34. The first-order chi connectivity index (χ1) is 25.7. The minimum atomic E-state index is -2.54. The van der Waals surface area contributed by atoms with Gasteiger partial charge in [-0.05, 0) is 0 Å². The molecule has 0 bridgehead atoms. The molecule has 0 amide bonds. The molecule has 0 fully saturated rings. The molecule has 0 saturated heterocycles. The summed E-state index contributed by atoms with van der Waals surface area (Å²) in [5, 5.41) is 16.2. The predicted octanol–water partition coefficient (Wildman–Crippen LogP) is 11.7. The van der Waals surface area contributed by atoms with Crippen LogP contribution in [0.3, 0.4) is 0 Å². The van der Waals surface area contributed by atoms with Crippen molar-refractivity contribution >= 4 is 102 Å². The van der Waals surface area contributed by atoms with Gasteiger partial charge in [-0.2, -0.15) is 0 Å². The van der Waals surface area contributed by atoms with Gasteiger partial charge in [0.15, 0.2) is 0 Å². The van der Waals surface area contributed by atoms with Gasteiger partial charge in [-0.3, -0.25) is 0 Å². The van der Waals surface area contributed by atoms with Crippen LogP contribution in [-0.2, 0) is 0 Å². The molecule has 1 aliphatic rings. The van der Waals surface area contributed by atoms with Gasteiger partial charge in [0.2, 0.25) is 0 Å². The molecule has 0 N–H and O–H groups in total. The monoisotopic (exact) mass is 726 g/mol. The number of nitrogens with zero attached hydrogens (tertiary/aromatic N) is 2. The molecule has 264 valence electrons. The molecule has 2 nitrogen and oxygen atoms in total. The van der Waals surface area contributed by atoms with Crippen LogP contribution < -0.4 is 31.0 Å². The van der Waals surface area contributed by atoms with Crippen LogP contribution in [0.4, 0.5) is 22.7 Å². The first-order valence-electron chi connectivity index (χ1n) is 19.0. The van der Waals surface area contributed by atoms with Gasteiger partial charge in [0.25, 0.3) is 0 Å². The Hall–Kier alpha value is -4.74. The summed E-state index contributed by atoms with van der Waals surface area (Å²) in [4.78, 5) is 5.24. The molecule has 1 aliphatic heterocycles. The van der Waals surface area contributed by atoms with Gasteiger partial charge in [0.1, 0.15) is 0 Å². The summed E-state index contributed by atoms with van der Waals surface area (Å²) in [6, 6.07) is 55.6. The van der Waals surface area contributed by atoms with Gasteiger partial charge in [-0.1, -0.05) is 0 Å². The average Bonchev–Trinajstić information content (AvgIpc) is 3.18. The fourth-order valence-corrected chi connectivity index (χ4v) is 16.2. The number of hydrogen-bond acceptors (Lipinski definition) is 2. The number of hydrogen-bond donors (Lipinski definition) is 0. The molecule has 9 rings (SSSR count). The predicted molar refractivity (Wildman–Crippen MR) is 242 cm³/mol. The van der Waals surface area contributed by atoms with Crippen molar-refractivity contribution in [3.63, 3.8) is 0 Å². The van der Waals surface area contributed by atoms with E-state index < -0.39 is 15.2 Å². The van der Waals surface area contributed by atoms with Crippen molar-refractivity contribution in [1.29, 1.82) is 0 Å². The minimum absolute atomic E-state index is 0.392. The Balaban J connectivity index is 1.55. The SMILES string of the molecule is CC(C)P1c2ccc3ccccc3c2N(C)c2c(ccc3ccccc23)[PH](C)(C(C)C)c2ccc3ccccc3c2N(C)c2c1ccc1ccccc21. The summed E-state index contributed by atoms with van der Waals surface area (Å²) >= 11 is 0. The molecule has 8 aromatic carbocycles. The average molecular weight is 727 g/mol. The van der Waals surface area contributed by atoms with E-state index in [9.17, 15) is 0 Å². The van der Waals surface area contributed by atoms with Gasteiger partial charge in [-0.25, -0.2) is 0 Å². The number of rotatable bonds is 2. The van der Waals surface area contributed by atoms with Crippen LogP contribution in [-0.4, -0.2) is 32.1 Å². The van der Waals surface area contributed by atoms with E-state index in [1.807, 2.05) is 0 Å². The summed E-state index contributed by atoms with van der Waals surface area (Å²) in [6.45, 7) is 12.5. The third-order valence-electron chi connectivity index (χ3n) is 12.2. The van der Waals surface area contributed by atoms with E-state index in [4.69, 9.17) is 0 Å². The second kappa shape index (κ2) is 13.0. The molecule has 0 radical (unpaired) electrons. The van der Waals surface area contributed by atoms with Crippen molar-refractivity contribution in [1.82, 2.24) is 0 Å². The normalized spacial score (nSPS) is 16.3. The Morgan fingerprint density at radius 2 is 0.736 bits per heavy atom. The Bertz CT molecular complexity index is 2540. The summed E-state index contributed by atoms with van der Waals surface area (Å²) in [5.74, 6) is 0. The van der Waals surface area contributed by atoms with Gasteiger partial charge >= 0.3 is 317 Å². The van der Waals surface area contributed by atoms with E-state index in [1.54, 1.807) is 0 Å². The van der Waals surface area contributed by atoms with Gasteiger partial charge < -0.3 is 0 Å². The van der Waals surface area contributed by atoms with Crippen LogP contribution in [0.5, 0.6) is 0 Å². The van der Waals surface area contributed by atoms with E-state index in [0.717, 1.165) is 0 Å². The molecule has 0 saturated carbocycles. The van der Waals surface area contributed by atoms with Gasteiger partial charge in [0.05, 0.1) is 0 Å². The number of anilines is 4. The maximum absolute atomic E-state index is 2.64. The molecule has 0 aromatic heterocycles. The van der Waals surface area contributed by atoms with Crippen molar-refractivity contribution in [3.8, 4) is 0 Å². The van der Waals surface area contributed by atoms with Crippen LogP contribution in [0.25, 0.3) is 43.1 Å². The van der Waals surface area contributed by atoms with Crippen LogP contribution in [0, 0.1) is 0 Å². The molecule has 4 heteroatoms. The Labute approximate surface area is 316 Å². The molecule has 1 heterocycles. The molecule has 8 aromatic rings. The summed E-state index contributed by atoms with van der Waals surface area (Å²) in [6.07, 6.45) is 0. The van der Waals surface area contributed by atoms with Crippen LogP contribution in [0.2, 0.25) is 0 Å². The number of fused-ring (bicyclic) bond motifs is 12.